The summed E-state index contributed by atoms with van der Waals surface area (Å²) in [5.74, 6) is 1.24. The van der Waals surface area contributed by atoms with Crippen molar-refractivity contribution in [3.05, 3.63) is 22.7 Å². The summed E-state index contributed by atoms with van der Waals surface area (Å²) in [7, 11) is 7.29. The second kappa shape index (κ2) is 11.3. The Bertz CT molecular complexity index is 390. The van der Waals surface area contributed by atoms with E-state index in [9.17, 15) is 0 Å². The molecule has 0 aromatic heterocycles. The lowest BCUT2D eigenvalue weighted by molar-refractivity contribution is 0.354. The van der Waals surface area contributed by atoms with Gasteiger partial charge in [-0.1, -0.05) is 11.6 Å². The molecule has 0 atom stereocenters. The smallest absolute Gasteiger partial charge is 0.179 e. The molecule has 20 heavy (non-hydrogen) atoms. The molecular weight excluding hydrogens is 323 g/mol. The third-order valence-corrected chi connectivity index (χ3v) is 2.84. The quantitative estimate of drug-likeness (QED) is 0.771. The van der Waals surface area contributed by atoms with Gasteiger partial charge in [0.05, 0.1) is 19.2 Å². The molecule has 0 radical (unpaired) electrons. The number of benzene rings is 1. The minimum atomic E-state index is 0. The molecule has 1 aromatic rings. The molecule has 0 amide bonds. The maximum absolute atomic E-state index is 6.14. The highest BCUT2D eigenvalue weighted by molar-refractivity contribution is 6.32. The first-order valence-electron chi connectivity index (χ1n) is 5.84. The summed E-state index contributed by atoms with van der Waals surface area (Å²) in [6.07, 6.45) is 0. The van der Waals surface area contributed by atoms with E-state index in [1.165, 1.54) is 0 Å². The highest BCUT2D eigenvalue weighted by atomic mass is 35.5. The summed E-state index contributed by atoms with van der Waals surface area (Å²) < 4.78 is 10.5. The van der Waals surface area contributed by atoms with E-state index in [4.69, 9.17) is 21.1 Å². The van der Waals surface area contributed by atoms with Gasteiger partial charge in [-0.3, -0.25) is 0 Å². The minimum Gasteiger partial charge on any atom is -0.493 e. The van der Waals surface area contributed by atoms with E-state index in [2.05, 4.69) is 24.3 Å². The average Bonchev–Trinajstić information content (AvgIpc) is 2.33. The normalized spacial score (nSPS) is 9.70. The van der Waals surface area contributed by atoms with Crippen molar-refractivity contribution < 1.29 is 9.47 Å². The van der Waals surface area contributed by atoms with E-state index < -0.39 is 0 Å². The van der Waals surface area contributed by atoms with Crippen molar-refractivity contribution in [2.45, 2.75) is 6.54 Å². The minimum absolute atomic E-state index is 0. The fraction of sp³-hybridized carbons (Fsp3) is 0.538. The van der Waals surface area contributed by atoms with Crippen LogP contribution in [0.15, 0.2) is 12.1 Å². The molecule has 0 aliphatic rings. The molecule has 1 aromatic carbocycles. The summed E-state index contributed by atoms with van der Waals surface area (Å²) in [5.41, 5.74) is 1.08. The van der Waals surface area contributed by atoms with E-state index in [1.54, 1.807) is 14.2 Å². The van der Waals surface area contributed by atoms with Gasteiger partial charge in [-0.25, -0.2) is 0 Å². The van der Waals surface area contributed by atoms with E-state index in [0.717, 1.165) is 25.2 Å². The van der Waals surface area contributed by atoms with E-state index in [0.29, 0.717) is 16.5 Å². The average molecular weight is 346 g/mol. The van der Waals surface area contributed by atoms with Crippen LogP contribution in [0.4, 0.5) is 0 Å². The third-order valence-electron chi connectivity index (χ3n) is 2.56. The lowest BCUT2D eigenvalue weighted by Gasteiger charge is -2.13. The fourth-order valence-electron chi connectivity index (χ4n) is 1.61. The van der Waals surface area contributed by atoms with E-state index >= 15 is 0 Å². The third kappa shape index (κ3) is 6.86. The summed E-state index contributed by atoms with van der Waals surface area (Å²) in [4.78, 5) is 2.13. The van der Waals surface area contributed by atoms with E-state index in [1.807, 2.05) is 12.1 Å². The van der Waals surface area contributed by atoms with E-state index in [-0.39, 0.29) is 24.8 Å². The van der Waals surface area contributed by atoms with Gasteiger partial charge < -0.3 is 19.7 Å². The predicted molar refractivity (Wildman–Crippen MR) is 89.3 cm³/mol. The fourth-order valence-corrected chi connectivity index (χ4v) is 1.92. The monoisotopic (exact) mass is 344 g/mol. The zero-order valence-electron chi connectivity index (χ0n) is 12.2. The van der Waals surface area contributed by atoms with Crippen LogP contribution in [-0.4, -0.2) is 46.3 Å². The molecule has 0 aliphatic heterocycles. The Hall–Kier alpha value is -0.390. The van der Waals surface area contributed by atoms with Crippen LogP contribution in [0.5, 0.6) is 11.5 Å². The Morgan fingerprint density at radius 2 is 1.80 bits per heavy atom. The van der Waals surface area contributed by atoms with Crippen LogP contribution >= 0.6 is 36.4 Å². The van der Waals surface area contributed by atoms with Crippen molar-refractivity contribution in [2.24, 2.45) is 0 Å². The van der Waals surface area contributed by atoms with Crippen LogP contribution in [0.25, 0.3) is 0 Å². The standard InChI is InChI=1S/C13H21ClN2O2.2ClH/c1-16(2)6-5-15-9-10-7-11(14)13(18-4)12(8-10)17-3;;/h7-8,15H,5-6,9H2,1-4H3;2*1H. The number of nitrogens with one attached hydrogen (secondary N) is 1. The van der Waals surface area contributed by atoms with Gasteiger partial charge in [0, 0.05) is 19.6 Å². The SMILES string of the molecule is COc1cc(CNCCN(C)C)cc(Cl)c1OC.Cl.Cl. The Balaban J connectivity index is 0. The first-order chi connectivity index (χ1) is 8.58. The molecule has 4 nitrogen and oxygen atoms in total. The number of methoxy groups -OCH3 is 2. The highest BCUT2D eigenvalue weighted by Crippen LogP contribution is 2.35. The van der Waals surface area contributed by atoms with Crippen LogP contribution in [-0.2, 0) is 6.54 Å². The number of nitrogens with zero attached hydrogens (tertiary/aromatic N) is 1. The number of ether oxygens (including phenoxy) is 2. The van der Waals surface area contributed by atoms with Gasteiger partial charge in [-0.15, -0.1) is 24.8 Å². The molecule has 118 valence electrons. The van der Waals surface area contributed by atoms with Gasteiger partial charge in [0.25, 0.3) is 0 Å². The van der Waals surface area contributed by atoms with Crippen LogP contribution in [0.3, 0.4) is 0 Å². The van der Waals surface area contributed by atoms with Gasteiger partial charge >= 0.3 is 0 Å². The number of hydrogen-bond donors (Lipinski definition) is 1. The maximum atomic E-state index is 6.14. The Labute approximate surface area is 138 Å². The largest absolute Gasteiger partial charge is 0.493 e. The summed E-state index contributed by atoms with van der Waals surface area (Å²) in [5, 5.41) is 3.92. The number of rotatable bonds is 7. The van der Waals surface area contributed by atoms with Crippen LogP contribution in [0, 0.1) is 0 Å². The van der Waals surface area contributed by atoms with Crippen molar-refractivity contribution >= 4 is 36.4 Å². The molecule has 0 saturated heterocycles. The molecule has 7 heteroatoms. The highest BCUT2D eigenvalue weighted by Gasteiger charge is 2.10. The van der Waals surface area contributed by atoms with Crippen LogP contribution < -0.4 is 14.8 Å². The van der Waals surface area contributed by atoms with Crippen molar-refractivity contribution in [2.75, 3.05) is 41.4 Å². The lowest BCUT2D eigenvalue weighted by atomic mass is 10.2. The molecule has 0 spiro atoms. The first-order valence-corrected chi connectivity index (χ1v) is 6.22. The topological polar surface area (TPSA) is 33.7 Å². The van der Waals surface area contributed by atoms with Crippen molar-refractivity contribution in [3.63, 3.8) is 0 Å². The Morgan fingerprint density at radius 3 is 2.30 bits per heavy atom. The van der Waals surface area contributed by atoms with Crippen molar-refractivity contribution in [3.8, 4) is 11.5 Å². The molecule has 0 bridgehead atoms. The van der Waals surface area contributed by atoms with Gasteiger partial charge in [0.15, 0.2) is 11.5 Å². The molecule has 1 N–H and O–H groups in total. The zero-order chi connectivity index (χ0) is 13.5. The second-order valence-corrected chi connectivity index (χ2v) is 4.70. The van der Waals surface area contributed by atoms with Crippen molar-refractivity contribution in [1.82, 2.24) is 10.2 Å². The molecule has 0 fully saturated rings. The summed E-state index contributed by atoms with van der Waals surface area (Å²) in [6.45, 7) is 2.69. The molecule has 0 saturated carbocycles. The van der Waals surface area contributed by atoms with Gasteiger partial charge in [-0.2, -0.15) is 0 Å². The molecule has 0 heterocycles. The summed E-state index contributed by atoms with van der Waals surface area (Å²) >= 11 is 6.14. The van der Waals surface area contributed by atoms with Crippen LogP contribution in [0.2, 0.25) is 5.02 Å². The van der Waals surface area contributed by atoms with Crippen LogP contribution in [0.1, 0.15) is 5.56 Å². The zero-order valence-corrected chi connectivity index (χ0v) is 14.6. The molecular formula is C13H23Cl3N2O2. The molecule has 0 unspecified atom stereocenters. The molecule has 1 rings (SSSR count). The maximum Gasteiger partial charge on any atom is 0.179 e. The lowest BCUT2D eigenvalue weighted by Crippen LogP contribution is -2.26. The first kappa shape index (κ1) is 21.9. The van der Waals surface area contributed by atoms with Gasteiger partial charge in [-0.05, 0) is 31.8 Å². The number of likely N-dealkylation sites (N-methyl/N-ethyl adjacent to an activating group) is 1. The molecule has 0 aliphatic carbocycles. The van der Waals surface area contributed by atoms with Gasteiger partial charge in [0.1, 0.15) is 0 Å². The Kier molecular flexibility index (Phi) is 12.4. The second-order valence-electron chi connectivity index (χ2n) is 4.29. The van der Waals surface area contributed by atoms with Crippen molar-refractivity contribution in [1.29, 1.82) is 0 Å². The predicted octanol–water partition coefficient (Wildman–Crippen LogP) is 2.85. The van der Waals surface area contributed by atoms with Gasteiger partial charge in [0.2, 0.25) is 0 Å². The number of halogens is 3. The Morgan fingerprint density at radius 1 is 1.15 bits per heavy atom. The number of hydrogen-bond acceptors (Lipinski definition) is 4. The summed E-state index contributed by atoms with van der Waals surface area (Å²) in [6, 6.07) is 3.83.